The number of hydrogen-bond donors (Lipinski definition) is 3. The van der Waals surface area contributed by atoms with E-state index < -0.39 is 12.5 Å². The number of alkyl halides is 2. The molecule has 0 amide bonds. The molecule has 0 bridgehead atoms. The molecule has 2 aromatic rings. The molecule has 20 heavy (non-hydrogen) atoms. The van der Waals surface area contributed by atoms with Gasteiger partial charge in [0.2, 0.25) is 5.95 Å². The molecule has 2 heterocycles. The average Bonchev–Trinajstić information content (AvgIpc) is 2.86. The summed E-state index contributed by atoms with van der Waals surface area (Å²) >= 11 is 1.54. The van der Waals surface area contributed by atoms with E-state index in [1.54, 1.807) is 7.05 Å². The molecule has 0 aliphatic rings. The number of fused-ring (bicyclic) bond motifs is 1. The van der Waals surface area contributed by atoms with Crippen LogP contribution < -0.4 is 10.6 Å². The molecule has 0 radical (unpaired) electrons. The summed E-state index contributed by atoms with van der Waals surface area (Å²) in [6, 6.07) is 1.94. The lowest BCUT2D eigenvalue weighted by Gasteiger charge is -2.12. The average molecular weight is 302 g/mol. The van der Waals surface area contributed by atoms with Crippen LogP contribution in [0.5, 0.6) is 0 Å². The fourth-order valence-corrected chi connectivity index (χ4v) is 2.65. The molecule has 2 aromatic heterocycles. The van der Waals surface area contributed by atoms with Crippen LogP contribution in [0.3, 0.4) is 0 Å². The van der Waals surface area contributed by atoms with Gasteiger partial charge < -0.3 is 15.7 Å². The van der Waals surface area contributed by atoms with Crippen molar-refractivity contribution in [3.05, 3.63) is 10.9 Å². The molecular weight excluding hydrogens is 286 g/mol. The number of aliphatic hydroxyl groups is 1. The molecule has 8 heteroatoms. The van der Waals surface area contributed by atoms with E-state index in [0.29, 0.717) is 11.8 Å². The lowest BCUT2D eigenvalue weighted by Crippen LogP contribution is -2.27. The zero-order chi connectivity index (χ0) is 14.7. The Bertz CT molecular complexity index is 590. The Hall–Kier alpha value is -1.54. The first-order valence-electron chi connectivity index (χ1n) is 6.23. The Labute approximate surface area is 119 Å². The molecular formula is C12H16F2N4OS. The van der Waals surface area contributed by atoms with Gasteiger partial charge in [-0.3, -0.25) is 0 Å². The Morgan fingerprint density at radius 2 is 2.15 bits per heavy atom. The molecule has 3 N–H and O–H groups in total. The molecule has 5 nitrogen and oxygen atoms in total. The Balaban J connectivity index is 2.32. The van der Waals surface area contributed by atoms with E-state index >= 15 is 0 Å². The summed E-state index contributed by atoms with van der Waals surface area (Å²) in [4.78, 5) is 10.5. The van der Waals surface area contributed by atoms with Crippen LogP contribution in [0.1, 0.15) is 11.8 Å². The van der Waals surface area contributed by atoms with E-state index in [-0.39, 0.29) is 6.54 Å². The zero-order valence-electron chi connectivity index (χ0n) is 11.2. The van der Waals surface area contributed by atoms with Gasteiger partial charge in [-0.2, -0.15) is 4.98 Å². The van der Waals surface area contributed by atoms with Crippen molar-refractivity contribution >= 4 is 33.3 Å². The van der Waals surface area contributed by atoms with Crippen molar-refractivity contribution in [3.63, 3.8) is 0 Å². The molecule has 0 aliphatic carbocycles. The second kappa shape index (κ2) is 6.27. The number of anilines is 2. The smallest absolute Gasteiger partial charge is 0.265 e. The maximum Gasteiger partial charge on any atom is 0.265 e. The number of hydrogen-bond acceptors (Lipinski definition) is 6. The first-order chi connectivity index (χ1) is 9.55. The third-order valence-corrected chi connectivity index (χ3v) is 3.96. The highest BCUT2D eigenvalue weighted by Crippen LogP contribution is 2.30. The number of thiophene rings is 1. The van der Waals surface area contributed by atoms with Crippen LogP contribution in [0.2, 0.25) is 0 Å². The van der Waals surface area contributed by atoms with Crippen molar-refractivity contribution < 1.29 is 13.9 Å². The second-order valence-electron chi connectivity index (χ2n) is 4.21. The second-order valence-corrected chi connectivity index (χ2v) is 5.33. The first kappa shape index (κ1) is 14.9. The lowest BCUT2D eigenvalue weighted by atomic mass is 10.3. The van der Waals surface area contributed by atoms with Crippen molar-refractivity contribution in [2.24, 2.45) is 0 Å². The third kappa shape index (κ3) is 3.13. The van der Waals surface area contributed by atoms with E-state index in [0.717, 1.165) is 21.5 Å². The van der Waals surface area contributed by atoms with Crippen molar-refractivity contribution in [2.45, 2.75) is 25.9 Å². The van der Waals surface area contributed by atoms with Gasteiger partial charge in [-0.25, -0.2) is 13.8 Å². The third-order valence-electron chi connectivity index (χ3n) is 2.79. The van der Waals surface area contributed by atoms with Crippen LogP contribution in [-0.2, 0) is 6.42 Å². The Morgan fingerprint density at radius 1 is 1.40 bits per heavy atom. The molecule has 1 atom stereocenters. The summed E-state index contributed by atoms with van der Waals surface area (Å²) < 4.78 is 24.6. The van der Waals surface area contributed by atoms with Gasteiger partial charge in [-0.1, -0.05) is 6.92 Å². The van der Waals surface area contributed by atoms with Crippen molar-refractivity contribution in [2.75, 3.05) is 24.2 Å². The van der Waals surface area contributed by atoms with Gasteiger partial charge in [0, 0.05) is 18.5 Å². The molecule has 0 saturated heterocycles. The molecule has 0 saturated carbocycles. The summed E-state index contributed by atoms with van der Waals surface area (Å²) in [7, 11) is 1.69. The SMILES string of the molecule is CCc1cc2c(NCC(O)C(F)F)nc(NC)nc2s1. The van der Waals surface area contributed by atoms with Crippen LogP contribution in [0.25, 0.3) is 10.2 Å². The summed E-state index contributed by atoms with van der Waals surface area (Å²) in [5.41, 5.74) is 0. The number of rotatable bonds is 6. The highest BCUT2D eigenvalue weighted by atomic mass is 32.1. The maximum atomic E-state index is 12.3. The predicted octanol–water partition coefficient (Wildman–Crippen LogP) is 2.33. The van der Waals surface area contributed by atoms with Gasteiger partial charge in [0.05, 0.1) is 5.39 Å². The molecule has 0 fully saturated rings. The number of aliphatic hydroxyl groups excluding tert-OH is 1. The monoisotopic (exact) mass is 302 g/mol. The molecule has 0 aromatic carbocycles. The number of aryl methyl sites for hydroxylation is 1. The fraction of sp³-hybridized carbons (Fsp3) is 0.500. The van der Waals surface area contributed by atoms with Gasteiger partial charge >= 0.3 is 0 Å². The van der Waals surface area contributed by atoms with Gasteiger partial charge in [-0.15, -0.1) is 11.3 Å². The van der Waals surface area contributed by atoms with Crippen molar-refractivity contribution in [1.82, 2.24) is 9.97 Å². The Morgan fingerprint density at radius 3 is 2.75 bits per heavy atom. The highest BCUT2D eigenvalue weighted by molar-refractivity contribution is 7.18. The van der Waals surface area contributed by atoms with Gasteiger partial charge in [0.1, 0.15) is 16.8 Å². The minimum absolute atomic E-state index is 0.260. The van der Waals surface area contributed by atoms with Crippen LogP contribution in [0.4, 0.5) is 20.5 Å². The summed E-state index contributed by atoms with van der Waals surface area (Å²) in [5, 5.41) is 15.6. The van der Waals surface area contributed by atoms with E-state index in [4.69, 9.17) is 5.11 Å². The molecule has 0 spiro atoms. The number of nitrogens with one attached hydrogen (secondary N) is 2. The first-order valence-corrected chi connectivity index (χ1v) is 7.05. The molecule has 110 valence electrons. The van der Waals surface area contributed by atoms with E-state index in [9.17, 15) is 8.78 Å². The van der Waals surface area contributed by atoms with Crippen molar-refractivity contribution in [1.29, 1.82) is 0 Å². The summed E-state index contributed by atoms with van der Waals surface area (Å²) in [6.07, 6.45) is -3.63. The van der Waals surface area contributed by atoms with Gasteiger partial charge in [0.15, 0.2) is 0 Å². The highest BCUT2D eigenvalue weighted by Gasteiger charge is 2.18. The minimum Gasteiger partial charge on any atom is -0.385 e. The normalized spacial score (nSPS) is 12.9. The van der Waals surface area contributed by atoms with E-state index in [2.05, 4.69) is 20.6 Å². The fourth-order valence-electron chi connectivity index (χ4n) is 1.68. The molecule has 0 aliphatic heterocycles. The van der Waals surface area contributed by atoms with Crippen LogP contribution in [0, 0.1) is 0 Å². The van der Waals surface area contributed by atoms with Gasteiger partial charge in [-0.05, 0) is 12.5 Å². The topological polar surface area (TPSA) is 70.1 Å². The quantitative estimate of drug-likeness (QED) is 0.764. The maximum absolute atomic E-state index is 12.3. The molecule has 1 unspecified atom stereocenters. The standard InChI is InChI=1S/C12H16F2N4OS/c1-3-6-4-7-10(16-5-8(19)9(13)14)17-12(15-2)18-11(7)20-6/h4,8-9,19H,3,5H2,1-2H3,(H2,15,16,17,18). The van der Waals surface area contributed by atoms with Gasteiger partial charge in [0.25, 0.3) is 6.43 Å². The van der Waals surface area contributed by atoms with E-state index in [1.807, 2.05) is 13.0 Å². The number of aromatic nitrogens is 2. The zero-order valence-corrected chi connectivity index (χ0v) is 12.0. The minimum atomic E-state index is -2.78. The summed E-state index contributed by atoms with van der Waals surface area (Å²) in [6.45, 7) is 1.77. The van der Waals surface area contributed by atoms with Crippen LogP contribution in [-0.4, -0.2) is 41.2 Å². The van der Waals surface area contributed by atoms with E-state index in [1.165, 1.54) is 11.3 Å². The largest absolute Gasteiger partial charge is 0.385 e. The van der Waals surface area contributed by atoms with Crippen LogP contribution >= 0.6 is 11.3 Å². The number of nitrogens with zero attached hydrogens (tertiary/aromatic N) is 2. The number of halogens is 2. The predicted molar refractivity (Wildman–Crippen MR) is 76.8 cm³/mol. The van der Waals surface area contributed by atoms with Crippen molar-refractivity contribution in [3.8, 4) is 0 Å². The van der Waals surface area contributed by atoms with Crippen LogP contribution in [0.15, 0.2) is 6.07 Å². The lowest BCUT2D eigenvalue weighted by molar-refractivity contribution is 0.00382. The summed E-state index contributed by atoms with van der Waals surface area (Å²) in [5.74, 6) is 0.867. The molecule has 2 rings (SSSR count). The Kier molecular flexibility index (Phi) is 4.66.